The predicted octanol–water partition coefficient (Wildman–Crippen LogP) is 5.70. The molecule has 2 amide bonds. The third-order valence-corrected chi connectivity index (χ3v) is 5.70. The summed E-state index contributed by atoms with van der Waals surface area (Å²) in [6.07, 6.45) is 2.54. The summed E-state index contributed by atoms with van der Waals surface area (Å²) in [7, 11) is 0. The quantitative estimate of drug-likeness (QED) is 0.233. The van der Waals surface area contributed by atoms with E-state index in [4.69, 9.17) is 14.2 Å². The summed E-state index contributed by atoms with van der Waals surface area (Å²) in [4.78, 5) is 46.5. The molecule has 1 aromatic heterocycles. The Labute approximate surface area is 244 Å². The molecule has 0 aliphatic carbocycles. The van der Waals surface area contributed by atoms with Gasteiger partial charge >= 0.3 is 18.1 Å². The summed E-state index contributed by atoms with van der Waals surface area (Å²) < 4.78 is 16.5. The molecule has 0 fully saturated rings. The average Bonchev–Trinajstić information content (AvgIpc) is 2.96. The molecule has 42 heavy (non-hydrogen) atoms. The molecule has 0 saturated carbocycles. The van der Waals surface area contributed by atoms with Gasteiger partial charge in [-0.15, -0.1) is 0 Å². The molecule has 216 valence electrons. The molecule has 4 rings (SSSR count). The molecule has 3 aromatic carbocycles. The third kappa shape index (κ3) is 9.44. The smallest absolute Gasteiger partial charge is 0.408 e. The molecule has 2 N–H and O–H groups in total. The van der Waals surface area contributed by atoms with Gasteiger partial charge in [-0.25, -0.2) is 19.6 Å². The van der Waals surface area contributed by atoms with Crippen molar-refractivity contribution in [3.63, 3.8) is 0 Å². The van der Waals surface area contributed by atoms with Gasteiger partial charge in [0, 0.05) is 24.5 Å². The number of hydrogen-bond donors (Lipinski definition) is 2. The van der Waals surface area contributed by atoms with E-state index in [0.29, 0.717) is 17.0 Å². The maximum absolute atomic E-state index is 13.3. The summed E-state index contributed by atoms with van der Waals surface area (Å²) in [5, 5.41) is 5.46. The SMILES string of the molecule is CC(C)(C)OC(=O)NC(Cc1cccc(Oc2ncccn2)c1)C(=O)Nc1ccc(C(=O)OCc2ccccc2)cc1. The van der Waals surface area contributed by atoms with E-state index in [-0.39, 0.29) is 19.0 Å². The Hall–Kier alpha value is -5.25. The molecule has 1 atom stereocenters. The van der Waals surface area contributed by atoms with E-state index in [1.165, 1.54) is 0 Å². The highest BCUT2D eigenvalue weighted by Gasteiger charge is 2.25. The Morgan fingerprint density at radius 3 is 2.21 bits per heavy atom. The zero-order chi connectivity index (χ0) is 30.0. The lowest BCUT2D eigenvalue weighted by Gasteiger charge is -2.23. The fourth-order valence-corrected chi connectivity index (χ4v) is 3.80. The number of nitrogens with zero attached hydrogens (tertiary/aromatic N) is 2. The second-order valence-electron chi connectivity index (χ2n) is 10.3. The number of ether oxygens (including phenoxy) is 3. The van der Waals surface area contributed by atoms with Crippen LogP contribution in [0.3, 0.4) is 0 Å². The van der Waals surface area contributed by atoms with E-state index in [9.17, 15) is 14.4 Å². The molecule has 4 aromatic rings. The third-order valence-electron chi connectivity index (χ3n) is 5.70. The van der Waals surface area contributed by atoms with Crippen LogP contribution in [-0.4, -0.2) is 39.6 Å². The molecule has 0 aliphatic heterocycles. The van der Waals surface area contributed by atoms with Gasteiger partial charge in [-0.2, -0.15) is 0 Å². The maximum atomic E-state index is 13.3. The van der Waals surface area contributed by atoms with E-state index in [1.807, 2.05) is 36.4 Å². The monoisotopic (exact) mass is 568 g/mol. The van der Waals surface area contributed by atoms with Crippen molar-refractivity contribution in [1.29, 1.82) is 0 Å². The van der Waals surface area contributed by atoms with Crippen LogP contribution < -0.4 is 15.4 Å². The molecule has 0 saturated heterocycles. The Morgan fingerprint density at radius 1 is 0.833 bits per heavy atom. The summed E-state index contributed by atoms with van der Waals surface area (Å²) >= 11 is 0. The standard InChI is InChI=1S/C32H32N4O6/c1-32(2,3)42-31(39)36-27(20-23-11-7-12-26(19-23)41-30-33-17-8-18-34-30)28(37)35-25-15-13-24(14-16-25)29(38)40-21-22-9-5-4-6-10-22/h4-19,27H,20-21H2,1-3H3,(H,35,37)(H,36,39). The Bertz CT molecular complexity index is 1490. The molecular formula is C32H32N4O6. The fraction of sp³-hybridized carbons (Fsp3) is 0.219. The summed E-state index contributed by atoms with van der Waals surface area (Å²) in [6, 6.07) is 23.6. The molecule has 1 unspecified atom stereocenters. The van der Waals surface area contributed by atoms with Crippen LogP contribution in [0.4, 0.5) is 10.5 Å². The first-order valence-electron chi connectivity index (χ1n) is 13.3. The van der Waals surface area contributed by atoms with Crippen molar-refractivity contribution in [2.45, 2.75) is 45.4 Å². The van der Waals surface area contributed by atoms with Gasteiger partial charge in [0.15, 0.2) is 0 Å². The lowest BCUT2D eigenvalue weighted by Crippen LogP contribution is -2.47. The molecule has 0 spiro atoms. The lowest BCUT2D eigenvalue weighted by atomic mass is 10.0. The van der Waals surface area contributed by atoms with Crippen LogP contribution in [0, 0.1) is 0 Å². The summed E-state index contributed by atoms with van der Waals surface area (Å²) in [6.45, 7) is 5.36. The molecule has 10 heteroatoms. The Balaban J connectivity index is 1.43. The number of benzene rings is 3. The van der Waals surface area contributed by atoms with Gasteiger partial charge in [0.25, 0.3) is 0 Å². The number of amides is 2. The number of nitrogens with one attached hydrogen (secondary N) is 2. The number of aromatic nitrogens is 2. The van der Waals surface area contributed by atoms with E-state index in [2.05, 4.69) is 20.6 Å². The molecule has 0 bridgehead atoms. The lowest BCUT2D eigenvalue weighted by molar-refractivity contribution is -0.118. The van der Waals surface area contributed by atoms with Gasteiger partial charge in [-0.3, -0.25) is 4.79 Å². The van der Waals surface area contributed by atoms with Crippen molar-refractivity contribution >= 4 is 23.7 Å². The fourth-order valence-electron chi connectivity index (χ4n) is 3.80. The van der Waals surface area contributed by atoms with Gasteiger partial charge in [0.05, 0.1) is 5.56 Å². The first-order valence-corrected chi connectivity index (χ1v) is 13.3. The number of carbonyl (C=O) groups excluding carboxylic acids is 3. The predicted molar refractivity (Wildman–Crippen MR) is 156 cm³/mol. The minimum atomic E-state index is -0.987. The van der Waals surface area contributed by atoms with Crippen molar-refractivity contribution in [3.8, 4) is 11.8 Å². The van der Waals surface area contributed by atoms with Gasteiger partial charge in [-0.1, -0.05) is 42.5 Å². The second-order valence-corrected chi connectivity index (χ2v) is 10.3. The van der Waals surface area contributed by atoms with E-state index < -0.39 is 29.6 Å². The topological polar surface area (TPSA) is 129 Å². The second kappa shape index (κ2) is 13.9. The van der Waals surface area contributed by atoms with Crippen LogP contribution in [0.2, 0.25) is 0 Å². The first-order chi connectivity index (χ1) is 20.1. The molecule has 0 aliphatic rings. The number of esters is 1. The number of anilines is 1. The number of alkyl carbamates (subject to hydrolysis) is 1. The Kier molecular flexibility index (Phi) is 9.83. The highest BCUT2D eigenvalue weighted by atomic mass is 16.6. The molecular weight excluding hydrogens is 536 g/mol. The van der Waals surface area contributed by atoms with E-state index in [0.717, 1.165) is 11.1 Å². The van der Waals surface area contributed by atoms with Crippen molar-refractivity contribution in [2.75, 3.05) is 5.32 Å². The first kappa shape index (κ1) is 29.7. The van der Waals surface area contributed by atoms with Gasteiger partial charge in [0.2, 0.25) is 5.91 Å². The largest absolute Gasteiger partial charge is 0.457 e. The van der Waals surface area contributed by atoms with Crippen molar-refractivity contribution in [2.24, 2.45) is 0 Å². The maximum Gasteiger partial charge on any atom is 0.408 e. The minimum Gasteiger partial charge on any atom is -0.457 e. The van der Waals surface area contributed by atoms with Crippen molar-refractivity contribution in [3.05, 3.63) is 114 Å². The van der Waals surface area contributed by atoms with Crippen LogP contribution in [0.5, 0.6) is 11.8 Å². The highest BCUT2D eigenvalue weighted by Crippen LogP contribution is 2.20. The van der Waals surface area contributed by atoms with Crippen molar-refractivity contribution < 1.29 is 28.6 Å². The normalized spacial score (nSPS) is 11.6. The van der Waals surface area contributed by atoms with Crippen LogP contribution in [0.25, 0.3) is 0 Å². The van der Waals surface area contributed by atoms with Gasteiger partial charge < -0.3 is 24.8 Å². The summed E-state index contributed by atoms with van der Waals surface area (Å²) in [5.41, 5.74) is 1.62. The van der Waals surface area contributed by atoms with Crippen LogP contribution >= 0.6 is 0 Å². The highest BCUT2D eigenvalue weighted by molar-refractivity contribution is 5.97. The zero-order valence-corrected chi connectivity index (χ0v) is 23.6. The Morgan fingerprint density at radius 2 is 1.52 bits per heavy atom. The van der Waals surface area contributed by atoms with E-state index >= 15 is 0 Å². The average molecular weight is 569 g/mol. The van der Waals surface area contributed by atoms with Crippen LogP contribution in [0.15, 0.2) is 97.3 Å². The molecule has 0 radical (unpaired) electrons. The number of rotatable bonds is 10. The summed E-state index contributed by atoms with van der Waals surface area (Å²) in [5.74, 6) is -0.480. The van der Waals surface area contributed by atoms with Gasteiger partial charge in [0.1, 0.15) is 24.0 Å². The van der Waals surface area contributed by atoms with Crippen molar-refractivity contribution in [1.82, 2.24) is 15.3 Å². The van der Waals surface area contributed by atoms with Gasteiger partial charge in [-0.05, 0) is 74.4 Å². The zero-order valence-electron chi connectivity index (χ0n) is 23.6. The van der Waals surface area contributed by atoms with Crippen LogP contribution in [-0.2, 0) is 27.3 Å². The van der Waals surface area contributed by atoms with E-state index in [1.54, 1.807) is 81.7 Å². The van der Waals surface area contributed by atoms with Crippen LogP contribution in [0.1, 0.15) is 42.3 Å². The molecule has 1 heterocycles. The minimum absolute atomic E-state index is 0.141. The molecule has 10 nitrogen and oxygen atoms in total. The number of hydrogen-bond acceptors (Lipinski definition) is 8. The number of carbonyl (C=O) groups is 3.